The third-order valence-corrected chi connectivity index (χ3v) is 4.23. The molecule has 1 aromatic carbocycles. The zero-order valence-electron chi connectivity index (χ0n) is 11.0. The smallest absolute Gasteiger partial charge is 0.0455 e. The zero-order chi connectivity index (χ0) is 12.6. The van der Waals surface area contributed by atoms with Crippen LogP contribution in [0.3, 0.4) is 0 Å². The highest BCUT2D eigenvalue weighted by Crippen LogP contribution is 2.37. The predicted octanol–water partition coefficient (Wildman–Crippen LogP) is 3.23. The number of likely N-dealkylation sites (N-methyl/N-ethyl adjacent to an activating group) is 1. The molecule has 1 fully saturated rings. The minimum absolute atomic E-state index is 0.184. The van der Waals surface area contributed by atoms with Crippen molar-refractivity contribution in [3.63, 3.8) is 0 Å². The van der Waals surface area contributed by atoms with Gasteiger partial charge in [0.05, 0.1) is 0 Å². The highest BCUT2D eigenvalue weighted by molar-refractivity contribution is 6.31. The summed E-state index contributed by atoms with van der Waals surface area (Å²) in [5.41, 5.74) is 2.63. The summed E-state index contributed by atoms with van der Waals surface area (Å²) in [6.07, 6.45) is 1.16. The highest BCUT2D eigenvalue weighted by atomic mass is 35.5. The lowest BCUT2D eigenvalue weighted by atomic mass is 9.99. The number of anilines is 1. The van der Waals surface area contributed by atoms with Gasteiger partial charge in [-0.05, 0) is 51.9 Å². The molecule has 1 N–H and O–H groups in total. The first kappa shape index (κ1) is 12.7. The first-order valence-corrected chi connectivity index (χ1v) is 6.53. The lowest BCUT2D eigenvalue weighted by molar-refractivity contribution is 0.487. The number of nitrogens with one attached hydrogen (secondary N) is 1. The van der Waals surface area contributed by atoms with Gasteiger partial charge in [0, 0.05) is 28.8 Å². The minimum Gasteiger partial charge on any atom is -0.365 e. The molecule has 0 aliphatic carbocycles. The number of hydrogen-bond donors (Lipinski definition) is 1. The standard InChI is InChI=1S/C14H21ClN2/c1-10-12(15)6-5-7-13(10)17-9-11(16-4)8-14(17,2)3/h5-7,11,16H,8-9H2,1-4H3. The van der Waals surface area contributed by atoms with E-state index < -0.39 is 0 Å². The Kier molecular flexibility index (Phi) is 3.37. The van der Waals surface area contributed by atoms with Crippen LogP contribution in [0.15, 0.2) is 18.2 Å². The molecule has 94 valence electrons. The van der Waals surface area contributed by atoms with Gasteiger partial charge >= 0.3 is 0 Å². The van der Waals surface area contributed by atoms with Crippen molar-refractivity contribution < 1.29 is 0 Å². The van der Waals surface area contributed by atoms with Crippen LogP contribution in [0.2, 0.25) is 5.02 Å². The second kappa shape index (κ2) is 4.51. The van der Waals surface area contributed by atoms with Crippen molar-refractivity contribution in [3.8, 4) is 0 Å². The Morgan fingerprint density at radius 1 is 1.41 bits per heavy atom. The Morgan fingerprint density at radius 3 is 2.71 bits per heavy atom. The topological polar surface area (TPSA) is 15.3 Å². The van der Waals surface area contributed by atoms with Gasteiger partial charge in [-0.25, -0.2) is 0 Å². The molecule has 0 amide bonds. The Bertz CT molecular complexity index is 415. The van der Waals surface area contributed by atoms with Gasteiger partial charge in [0.15, 0.2) is 0 Å². The predicted molar refractivity (Wildman–Crippen MR) is 75.1 cm³/mol. The van der Waals surface area contributed by atoms with Gasteiger partial charge in [-0.3, -0.25) is 0 Å². The van der Waals surface area contributed by atoms with Crippen LogP contribution < -0.4 is 10.2 Å². The molecule has 2 nitrogen and oxygen atoms in total. The van der Waals surface area contributed by atoms with Crippen molar-refractivity contribution >= 4 is 17.3 Å². The fourth-order valence-corrected chi connectivity index (χ4v) is 2.92. The third kappa shape index (κ3) is 2.29. The highest BCUT2D eigenvalue weighted by Gasteiger charge is 2.38. The van der Waals surface area contributed by atoms with E-state index in [1.165, 1.54) is 11.3 Å². The Balaban J connectivity index is 2.37. The summed E-state index contributed by atoms with van der Waals surface area (Å²) >= 11 is 6.21. The number of benzene rings is 1. The molecule has 2 rings (SSSR count). The monoisotopic (exact) mass is 252 g/mol. The summed E-state index contributed by atoms with van der Waals surface area (Å²) in [6, 6.07) is 6.72. The van der Waals surface area contributed by atoms with E-state index in [2.05, 4.69) is 37.1 Å². The maximum absolute atomic E-state index is 6.21. The van der Waals surface area contributed by atoms with Crippen LogP contribution in [-0.4, -0.2) is 25.2 Å². The van der Waals surface area contributed by atoms with Gasteiger partial charge in [0.1, 0.15) is 0 Å². The van der Waals surface area contributed by atoms with E-state index in [9.17, 15) is 0 Å². The molecule has 1 saturated heterocycles. The van der Waals surface area contributed by atoms with Crippen molar-refractivity contribution in [2.75, 3.05) is 18.5 Å². The van der Waals surface area contributed by atoms with Crippen LogP contribution in [-0.2, 0) is 0 Å². The minimum atomic E-state index is 0.184. The number of hydrogen-bond acceptors (Lipinski definition) is 2. The molecular formula is C14H21ClN2. The summed E-state index contributed by atoms with van der Waals surface area (Å²) in [4.78, 5) is 2.47. The Hall–Kier alpha value is -0.730. The molecule has 0 aromatic heterocycles. The zero-order valence-corrected chi connectivity index (χ0v) is 11.8. The molecule has 0 spiro atoms. The molecule has 1 unspecified atom stereocenters. The number of halogens is 1. The first-order valence-electron chi connectivity index (χ1n) is 6.16. The van der Waals surface area contributed by atoms with Crippen LogP contribution in [0.1, 0.15) is 25.8 Å². The Labute approximate surface area is 109 Å². The molecule has 1 aliphatic rings. The van der Waals surface area contributed by atoms with Crippen LogP contribution in [0.25, 0.3) is 0 Å². The fourth-order valence-electron chi connectivity index (χ4n) is 2.75. The van der Waals surface area contributed by atoms with E-state index in [-0.39, 0.29) is 5.54 Å². The number of rotatable bonds is 2. The molecule has 1 aliphatic heterocycles. The van der Waals surface area contributed by atoms with E-state index in [0.717, 1.165) is 18.0 Å². The fraction of sp³-hybridized carbons (Fsp3) is 0.571. The van der Waals surface area contributed by atoms with Crippen LogP contribution >= 0.6 is 11.6 Å². The van der Waals surface area contributed by atoms with Gasteiger partial charge in [-0.15, -0.1) is 0 Å². The summed E-state index contributed by atoms with van der Waals surface area (Å²) in [5, 5.41) is 4.23. The van der Waals surface area contributed by atoms with Crippen molar-refractivity contribution in [3.05, 3.63) is 28.8 Å². The lowest BCUT2D eigenvalue weighted by Crippen LogP contribution is -2.38. The summed E-state index contributed by atoms with van der Waals surface area (Å²) in [6.45, 7) is 7.74. The van der Waals surface area contributed by atoms with E-state index in [1.807, 2.05) is 19.2 Å². The van der Waals surface area contributed by atoms with Gasteiger partial charge in [-0.2, -0.15) is 0 Å². The van der Waals surface area contributed by atoms with Crippen molar-refractivity contribution in [2.24, 2.45) is 0 Å². The second-order valence-corrected chi connectivity index (χ2v) is 5.90. The summed E-state index contributed by atoms with van der Waals surface area (Å²) in [7, 11) is 2.04. The molecule has 0 radical (unpaired) electrons. The molecular weight excluding hydrogens is 232 g/mol. The Morgan fingerprint density at radius 2 is 2.12 bits per heavy atom. The van der Waals surface area contributed by atoms with E-state index >= 15 is 0 Å². The molecule has 1 atom stereocenters. The van der Waals surface area contributed by atoms with E-state index in [1.54, 1.807) is 0 Å². The van der Waals surface area contributed by atoms with E-state index in [0.29, 0.717) is 6.04 Å². The molecule has 3 heteroatoms. The van der Waals surface area contributed by atoms with Gasteiger partial charge in [0.25, 0.3) is 0 Å². The van der Waals surface area contributed by atoms with Crippen molar-refractivity contribution in [2.45, 2.75) is 38.8 Å². The van der Waals surface area contributed by atoms with E-state index in [4.69, 9.17) is 11.6 Å². The third-order valence-electron chi connectivity index (χ3n) is 3.82. The maximum atomic E-state index is 6.21. The molecule has 17 heavy (non-hydrogen) atoms. The van der Waals surface area contributed by atoms with Gasteiger partial charge in [0.2, 0.25) is 0 Å². The van der Waals surface area contributed by atoms with Crippen molar-refractivity contribution in [1.82, 2.24) is 5.32 Å². The molecule has 0 saturated carbocycles. The molecule has 1 aromatic rings. The van der Waals surface area contributed by atoms with Crippen LogP contribution in [0, 0.1) is 6.92 Å². The second-order valence-electron chi connectivity index (χ2n) is 5.50. The molecule has 1 heterocycles. The van der Waals surface area contributed by atoms with Gasteiger partial charge in [-0.1, -0.05) is 17.7 Å². The summed E-state index contributed by atoms with van der Waals surface area (Å²) < 4.78 is 0. The van der Waals surface area contributed by atoms with Crippen molar-refractivity contribution in [1.29, 1.82) is 0 Å². The van der Waals surface area contributed by atoms with Gasteiger partial charge < -0.3 is 10.2 Å². The normalized spacial score (nSPS) is 23.1. The number of nitrogens with zero attached hydrogens (tertiary/aromatic N) is 1. The maximum Gasteiger partial charge on any atom is 0.0455 e. The SMILES string of the molecule is CNC1CN(c2cccc(Cl)c2C)C(C)(C)C1. The quantitative estimate of drug-likeness (QED) is 0.870. The first-order chi connectivity index (χ1) is 7.95. The average molecular weight is 253 g/mol. The summed E-state index contributed by atoms with van der Waals surface area (Å²) in [5.74, 6) is 0. The average Bonchev–Trinajstić information content (AvgIpc) is 2.58. The largest absolute Gasteiger partial charge is 0.365 e. The van der Waals surface area contributed by atoms with Crippen LogP contribution in [0.5, 0.6) is 0 Å². The lowest BCUT2D eigenvalue weighted by Gasteiger charge is -2.34. The van der Waals surface area contributed by atoms with Crippen LogP contribution in [0.4, 0.5) is 5.69 Å². The molecule has 0 bridgehead atoms.